The molecule has 1 aromatic heterocycles. The number of hydrogen-bond acceptors (Lipinski definition) is 6. The molecule has 39 heavy (non-hydrogen) atoms. The van der Waals surface area contributed by atoms with Crippen molar-refractivity contribution in [3.63, 3.8) is 0 Å². The number of para-hydroxylation sites is 1. The number of aromatic nitrogens is 2. The zero-order valence-corrected chi connectivity index (χ0v) is 23.7. The lowest BCUT2D eigenvalue weighted by molar-refractivity contribution is -0.150. The number of benzene rings is 3. The average molecular weight is 667 g/mol. The first-order chi connectivity index (χ1) is 18.5. The number of hydrogen-bond donors (Lipinski definition) is 0. The summed E-state index contributed by atoms with van der Waals surface area (Å²) >= 11 is 6.82. The van der Waals surface area contributed by atoms with Gasteiger partial charge in [-0.05, 0) is 87.7 Å². The molecule has 0 aliphatic heterocycles. The summed E-state index contributed by atoms with van der Waals surface area (Å²) in [4.78, 5) is 29.8. The average Bonchev–Trinajstić information content (AvgIpc) is 2.89. The van der Waals surface area contributed by atoms with Crippen molar-refractivity contribution >= 4 is 54.9 Å². The molecule has 0 amide bonds. The van der Waals surface area contributed by atoms with Crippen LogP contribution < -0.4 is 10.3 Å². The Morgan fingerprint density at radius 2 is 1.79 bits per heavy atom. The van der Waals surface area contributed by atoms with Crippen molar-refractivity contribution in [3.8, 4) is 17.1 Å². The maximum atomic E-state index is 13.4. The number of nitrogens with zero attached hydrogens (tertiary/aromatic N) is 3. The van der Waals surface area contributed by atoms with Crippen LogP contribution in [0.1, 0.15) is 25.0 Å². The van der Waals surface area contributed by atoms with E-state index in [1.807, 2.05) is 0 Å². The van der Waals surface area contributed by atoms with Gasteiger partial charge in [0.15, 0.2) is 11.9 Å². The fraction of sp³-hybridized carbons (Fsp3) is 0.185. The Labute approximate surface area is 237 Å². The zero-order chi connectivity index (χ0) is 28.3. The molecule has 4 aromatic rings. The monoisotopic (exact) mass is 665 g/mol. The van der Waals surface area contributed by atoms with E-state index in [1.54, 1.807) is 50.2 Å². The van der Waals surface area contributed by atoms with Crippen molar-refractivity contribution in [1.82, 2.24) is 9.66 Å². The van der Waals surface area contributed by atoms with E-state index in [4.69, 9.17) is 9.47 Å². The number of rotatable bonds is 7. The van der Waals surface area contributed by atoms with Crippen molar-refractivity contribution in [2.24, 2.45) is 5.10 Å². The fourth-order valence-electron chi connectivity index (χ4n) is 3.63. The predicted octanol–water partition coefficient (Wildman–Crippen LogP) is 6.82. The smallest absolute Gasteiger partial charge is 0.416 e. The second-order valence-electron chi connectivity index (χ2n) is 8.22. The highest BCUT2D eigenvalue weighted by Crippen LogP contribution is 2.35. The van der Waals surface area contributed by atoms with E-state index in [2.05, 4.69) is 41.9 Å². The maximum Gasteiger partial charge on any atom is 0.416 e. The van der Waals surface area contributed by atoms with Gasteiger partial charge in [-0.3, -0.25) is 4.79 Å². The third-order valence-corrected chi connectivity index (χ3v) is 6.64. The van der Waals surface area contributed by atoms with Crippen LogP contribution in [0, 0.1) is 0 Å². The predicted molar refractivity (Wildman–Crippen MR) is 148 cm³/mol. The fourth-order valence-corrected chi connectivity index (χ4v) is 5.04. The maximum absolute atomic E-state index is 13.4. The summed E-state index contributed by atoms with van der Waals surface area (Å²) in [6.45, 7) is 3.47. The lowest BCUT2D eigenvalue weighted by Crippen LogP contribution is -2.26. The Balaban J connectivity index is 1.78. The molecule has 0 bridgehead atoms. The SMILES string of the molecule is CCOC(=O)[C@@H](C)Oc1c(Br)cc(C=Nn2c(-c3cccc(C(F)(F)F)c3)nc3ccccc3c2=O)cc1Br. The minimum Gasteiger partial charge on any atom is -0.477 e. The Hall–Kier alpha value is -3.51. The molecule has 0 aliphatic carbocycles. The van der Waals surface area contributed by atoms with Crippen LogP contribution in [0.2, 0.25) is 0 Å². The molecule has 0 fully saturated rings. The molecule has 0 aliphatic rings. The highest BCUT2D eigenvalue weighted by atomic mass is 79.9. The number of fused-ring (bicyclic) bond motifs is 1. The molecule has 0 N–H and O–H groups in total. The van der Waals surface area contributed by atoms with Crippen LogP contribution in [0.3, 0.4) is 0 Å². The number of esters is 1. The summed E-state index contributed by atoms with van der Waals surface area (Å²) in [5.74, 6) is -0.225. The summed E-state index contributed by atoms with van der Waals surface area (Å²) in [5.41, 5.74) is -0.517. The molecule has 0 unspecified atom stereocenters. The molecular formula is C27H20Br2F3N3O4. The van der Waals surface area contributed by atoms with Gasteiger partial charge in [-0.1, -0.05) is 24.3 Å². The number of carbonyl (C=O) groups is 1. The van der Waals surface area contributed by atoms with E-state index in [0.717, 1.165) is 16.8 Å². The van der Waals surface area contributed by atoms with Gasteiger partial charge < -0.3 is 9.47 Å². The molecule has 1 heterocycles. The van der Waals surface area contributed by atoms with Gasteiger partial charge in [0.05, 0.1) is 38.2 Å². The molecule has 4 rings (SSSR count). The van der Waals surface area contributed by atoms with Gasteiger partial charge in [-0.2, -0.15) is 22.9 Å². The number of alkyl halides is 3. The Bertz CT molecular complexity index is 1610. The van der Waals surface area contributed by atoms with Crippen LogP contribution in [0.5, 0.6) is 5.75 Å². The van der Waals surface area contributed by atoms with E-state index in [0.29, 0.717) is 25.8 Å². The quantitative estimate of drug-likeness (QED) is 0.160. The Morgan fingerprint density at radius 1 is 1.10 bits per heavy atom. The first-order valence-corrected chi connectivity index (χ1v) is 13.1. The molecule has 0 saturated carbocycles. The normalized spacial score (nSPS) is 12.6. The van der Waals surface area contributed by atoms with Gasteiger partial charge >= 0.3 is 12.1 Å². The summed E-state index contributed by atoms with van der Waals surface area (Å²) in [7, 11) is 0. The minimum atomic E-state index is -4.58. The zero-order valence-electron chi connectivity index (χ0n) is 20.5. The van der Waals surface area contributed by atoms with E-state index in [9.17, 15) is 22.8 Å². The van der Waals surface area contributed by atoms with Crippen molar-refractivity contribution in [3.05, 3.63) is 91.1 Å². The molecule has 0 radical (unpaired) electrons. The molecule has 0 spiro atoms. The Kier molecular flexibility index (Phi) is 8.55. The number of ether oxygens (including phenoxy) is 2. The highest BCUT2D eigenvalue weighted by Gasteiger charge is 2.31. The molecule has 202 valence electrons. The summed E-state index contributed by atoms with van der Waals surface area (Å²) in [5, 5.41) is 4.55. The molecule has 7 nitrogen and oxygen atoms in total. The van der Waals surface area contributed by atoms with Crippen LogP contribution in [-0.2, 0) is 15.7 Å². The van der Waals surface area contributed by atoms with Crippen molar-refractivity contribution < 1.29 is 27.4 Å². The lowest BCUT2D eigenvalue weighted by Gasteiger charge is -2.16. The van der Waals surface area contributed by atoms with E-state index in [-0.39, 0.29) is 23.4 Å². The van der Waals surface area contributed by atoms with Gasteiger partial charge in [-0.25, -0.2) is 9.78 Å². The third-order valence-electron chi connectivity index (χ3n) is 5.46. The van der Waals surface area contributed by atoms with Gasteiger partial charge in [0.1, 0.15) is 5.75 Å². The number of halogens is 5. The molecule has 0 saturated heterocycles. The largest absolute Gasteiger partial charge is 0.477 e. The minimum absolute atomic E-state index is 0.0533. The van der Waals surface area contributed by atoms with Crippen molar-refractivity contribution in [2.75, 3.05) is 6.61 Å². The Morgan fingerprint density at radius 3 is 2.46 bits per heavy atom. The highest BCUT2D eigenvalue weighted by molar-refractivity contribution is 9.11. The van der Waals surface area contributed by atoms with Crippen molar-refractivity contribution in [2.45, 2.75) is 26.1 Å². The third kappa shape index (κ3) is 6.39. The first-order valence-electron chi connectivity index (χ1n) is 11.6. The van der Waals surface area contributed by atoms with Crippen LogP contribution >= 0.6 is 31.9 Å². The van der Waals surface area contributed by atoms with E-state index in [1.165, 1.54) is 18.3 Å². The standard InChI is InChI=1S/C27H20Br2F3N3O4/c1-3-38-26(37)15(2)39-23-20(28)11-16(12-21(23)29)14-33-35-24(17-7-6-8-18(13-17)27(30,31)32)34-22-10-5-4-9-19(22)25(35)36/h4-15H,3H2,1-2H3/t15-/m1/s1. The summed E-state index contributed by atoms with van der Waals surface area (Å²) in [6, 6.07) is 14.3. The second kappa shape index (κ2) is 11.7. The van der Waals surface area contributed by atoms with Gasteiger partial charge in [0, 0.05) is 5.56 Å². The van der Waals surface area contributed by atoms with Gasteiger partial charge in [0.2, 0.25) is 0 Å². The van der Waals surface area contributed by atoms with Gasteiger partial charge in [-0.15, -0.1) is 0 Å². The van der Waals surface area contributed by atoms with Crippen LogP contribution in [-0.4, -0.2) is 34.6 Å². The summed E-state index contributed by atoms with van der Waals surface area (Å²) in [6.07, 6.45) is -4.08. The van der Waals surface area contributed by atoms with Crippen LogP contribution in [0.15, 0.2) is 79.5 Å². The number of carbonyl (C=O) groups excluding carboxylic acids is 1. The molecular weight excluding hydrogens is 647 g/mol. The van der Waals surface area contributed by atoms with E-state index >= 15 is 0 Å². The van der Waals surface area contributed by atoms with Crippen LogP contribution in [0.4, 0.5) is 13.2 Å². The summed E-state index contributed by atoms with van der Waals surface area (Å²) < 4.78 is 52.8. The lowest BCUT2D eigenvalue weighted by atomic mass is 10.1. The second-order valence-corrected chi connectivity index (χ2v) is 9.93. The molecule has 12 heteroatoms. The first kappa shape index (κ1) is 28.5. The molecule has 3 aromatic carbocycles. The van der Waals surface area contributed by atoms with E-state index < -0.39 is 29.4 Å². The van der Waals surface area contributed by atoms with Gasteiger partial charge in [0.25, 0.3) is 5.56 Å². The topological polar surface area (TPSA) is 82.8 Å². The van der Waals surface area contributed by atoms with Crippen LogP contribution in [0.25, 0.3) is 22.3 Å². The molecule has 1 atom stereocenters. The van der Waals surface area contributed by atoms with Crippen molar-refractivity contribution in [1.29, 1.82) is 0 Å².